The Kier molecular flexibility index (Phi) is 4.06. The first kappa shape index (κ1) is 15.7. The zero-order chi connectivity index (χ0) is 16.6. The number of amides is 1. The maximum Gasteiger partial charge on any atom is 0.270 e. The highest BCUT2D eigenvalue weighted by Gasteiger charge is 2.49. The molecule has 5 heteroatoms. The lowest BCUT2D eigenvalue weighted by Gasteiger charge is -2.53. The number of benzene rings is 1. The second-order valence-corrected chi connectivity index (χ2v) is 7.10. The molecule has 1 N–H and O–H groups in total. The molecule has 1 aromatic carbocycles. The standard InChI is InChI=1S/C19H24N2O3/c1-23-8-6-14-7-9-24-19(11-14)12-21(13-19)18(22)17-10-15-4-2-3-5-16(15)20-17/h2-5,10,14,20H,6-9,11-13H2,1H3/t14-/m0/s1. The molecule has 128 valence electrons. The maximum atomic E-state index is 12.7. The number of ether oxygens (including phenoxy) is 2. The number of nitrogens with one attached hydrogen (secondary N) is 1. The average molecular weight is 328 g/mol. The summed E-state index contributed by atoms with van der Waals surface area (Å²) >= 11 is 0. The van der Waals surface area contributed by atoms with E-state index in [1.54, 1.807) is 7.11 Å². The molecular formula is C19H24N2O3. The summed E-state index contributed by atoms with van der Waals surface area (Å²) in [6.45, 7) is 3.00. The molecule has 1 spiro atoms. The molecule has 1 amide bonds. The lowest BCUT2D eigenvalue weighted by atomic mass is 9.79. The molecule has 2 aromatic rings. The van der Waals surface area contributed by atoms with Gasteiger partial charge in [-0.15, -0.1) is 0 Å². The lowest BCUT2D eigenvalue weighted by Crippen LogP contribution is -2.66. The predicted octanol–water partition coefficient (Wildman–Crippen LogP) is 2.83. The molecule has 1 aromatic heterocycles. The third-order valence-electron chi connectivity index (χ3n) is 5.33. The first-order chi connectivity index (χ1) is 11.7. The average Bonchev–Trinajstić information content (AvgIpc) is 3.01. The molecule has 2 aliphatic rings. The Hall–Kier alpha value is -1.85. The fourth-order valence-corrected chi connectivity index (χ4v) is 4.03. The van der Waals surface area contributed by atoms with E-state index < -0.39 is 0 Å². The monoisotopic (exact) mass is 328 g/mol. The van der Waals surface area contributed by atoms with Gasteiger partial charge in [0, 0.05) is 31.2 Å². The molecule has 3 heterocycles. The van der Waals surface area contributed by atoms with E-state index in [2.05, 4.69) is 4.98 Å². The minimum Gasteiger partial charge on any atom is -0.385 e. The minimum atomic E-state index is -0.127. The van der Waals surface area contributed by atoms with Crippen LogP contribution in [0.5, 0.6) is 0 Å². The van der Waals surface area contributed by atoms with Gasteiger partial charge in [0.1, 0.15) is 11.3 Å². The van der Waals surface area contributed by atoms with Gasteiger partial charge in [0.25, 0.3) is 5.91 Å². The van der Waals surface area contributed by atoms with Crippen molar-refractivity contribution in [1.29, 1.82) is 0 Å². The maximum absolute atomic E-state index is 12.7. The number of methoxy groups -OCH3 is 1. The number of carbonyl (C=O) groups excluding carboxylic acids is 1. The van der Waals surface area contributed by atoms with Crippen LogP contribution >= 0.6 is 0 Å². The van der Waals surface area contributed by atoms with Crippen LogP contribution in [0.4, 0.5) is 0 Å². The Balaban J connectivity index is 1.40. The summed E-state index contributed by atoms with van der Waals surface area (Å²) in [4.78, 5) is 17.8. The zero-order valence-corrected chi connectivity index (χ0v) is 14.1. The molecule has 0 saturated carbocycles. The van der Waals surface area contributed by atoms with Crippen LogP contribution in [0.25, 0.3) is 10.9 Å². The Morgan fingerprint density at radius 1 is 1.42 bits per heavy atom. The first-order valence-electron chi connectivity index (χ1n) is 8.69. The Morgan fingerprint density at radius 3 is 3.04 bits per heavy atom. The number of fused-ring (bicyclic) bond motifs is 1. The summed E-state index contributed by atoms with van der Waals surface area (Å²) in [6, 6.07) is 9.91. The van der Waals surface area contributed by atoms with Gasteiger partial charge in [-0.05, 0) is 37.3 Å². The van der Waals surface area contributed by atoms with Crippen molar-refractivity contribution in [1.82, 2.24) is 9.88 Å². The van der Waals surface area contributed by atoms with Gasteiger partial charge in [-0.2, -0.15) is 0 Å². The van der Waals surface area contributed by atoms with Crippen molar-refractivity contribution in [2.75, 3.05) is 33.4 Å². The molecule has 0 radical (unpaired) electrons. The van der Waals surface area contributed by atoms with E-state index in [-0.39, 0.29) is 11.5 Å². The summed E-state index contributed by atoms with van der Waals surface area (Å²) < 4.78 is 11.2. The van der Waals surface area contributed by atoms with Gasteiger partial charge in [0.2, 0.25) is 0 Å². The topological polar surface area (TPSA) is 54.6 Å². The first-order valence-corrected chi connectivity index (χ1v) is 8.69. The molecule has 2 fully saturated rings. The lowest BCUT2D eigenvalue weighted by molar-refractivity contribution is -0.167. The number of H-pyrrole nitrogens is 1. The van der Waals surface area contributed by atoms with Crippen molar-refractivity contribution in [2.45, 2.75) is 24.9 Å². The van der Waals surface area contributed by atoms with E-state index in [9.17, 15) is 4.79 Å². The van der Waals surface area contributed by atoms with Crippen LogP contribution in [0.2, 0.25) is 0 Å². The SMILES string of the molecule is COCC[C@H]1CCOC2(C1)CN(C(=O)c1cc3ccccc3[nH]1)C2. The number of aromatic nitrogens is 1. The summed E-state index contributed by atoms with van der Waals surface area (Å²) in [6.07, 6.45) is 3.21. The molecule has 4 rings (SSSR count). The number of hydrogen-bond donors (Lipinski definition) is 1. The van der Waals surface area contributed by atoms with Crippen LogP contribution in [0.1, 0.15) is 29.8 Å². The number of rotatable bonds is 4. The number of para-hydroxylation sites is 1. The fraction of sp³-hybridized carbons (Fsp3) is 0.526. The molecule has 0 bridgehead atoms. The quantitative estimate of drug-likeness (QED) is 0.939. The largest absolute Gasteiger partial charge is 0.385 e. The van der Waals surface area contributed by atoms with Gasteiger partial charge < -0.3 is 19.4 Å². The van der Waals surface area contributed by atoms with Gasteiger partial charge >= 0.3 is 0 Å². The molecule has 2 aliphatic heterocycles. The summed E-state index contributed by atoms with van der Waals surface area (Å²) in [5, 5.41) is 1.07. The molecule has 2 saturated heterocycles. The van der Waals surface area contributed by atoms with Crippen LogP contribution in [0.3, 0.4) is 0 Å². The third-order valence-corrected chi connectivity index (χ3v) is 5.33. The van der Waals surface area contributed by atoms with Crippen molar-refractivity contribution in [2.24, 2.45) is 5.92 Å². The molecule has 5 nitrogen and oxygen atoms in total. The normalized spacial score (nSPS) is 22.7. The second kappa shape index (κ2) is 6.22. The Morgan fingerprint density at radius 2 is 2.25 bits per heavy atom. The van der Waals surface area contributed by atoms with Crippen LogP contribution < -0.4 is 0 Å². The van der Waals surface area contributed by atoms with Crippen molar-refractivity contribution in [3.8, 4) is 0 Å². The number of aromatic amines is 1. The summed E-state index contributed by atoms with van der Waals surface area (Å²) in [5.74, 6) is 0.712. The van der Waals surface area contributed by atoms with Gasteiger partial charge in [-0.1, -0.05) is 18.2 Å². The van der Waals surface area contributed by atoms with Crippen molar-refractivity contribution in [3.63, 3.8) is 0 Å². The van der Waals surface area contributed by atoms with Crippen LogP contribution in [-0.4, -0.2) is 54.8 Å². The van der Waals surface area contributed by atoms with Crippen molar-refractivity contribution < 1.29 is 14.3 Å². The molecular weight excluding hydrogens is 304 g/mol. The highest BCUT2D eigenvalue weighted by Crippen LogP contribution is 2.38. The van der Waals surface area contributed by atoms with Crippen molar-refractivity contribution in [3.05, 3.63) is 36.0 Å². The predicted molar refractivity (Wildman–Crippen MR) is 92.1 cm³/mol. The second-order valence-electron chi connectivity index (χ2n) is 7.10. The fourth-order valence-electron chi connectivity index (χ4n) is 4.03. The van der Waals surface area contributed by atoms with E-state index in [1.807, 2.05) is 35.2 Å². The Labute approximate surface area is 141 Å². The van der Waals surface area contributed by atoms with Crippen LogP contribution in [-0.2, 0) is 9.47 Å². The third kappa shape index (κ3) is 2.82. The van der Waals surface area contributed by atoms with Gasteiger partial charge in [-0.25, -0.2) is 0 Å². The van der Waals surface area contributed by atoms with E-state index in [0.717, 1.165) is 43.4 Å². The zero-order valence-electron chi connectivity index (χ0n) is 14.1. The number of likely N-dealkylation sites (tertiary alicyclic amines) is 1. The van der Waals surface area contributed by atoms with E-state index >= 15 is 0 Å². The summed E-state index contributed by atoms with van der Waals surface area (Å²) in [7, 11) is 1.75. The molecule has 1 atom stereocenters. The van der Waals surface area contributed by atoms with E-state index in [4.69, 9.17) is 9.47 Å². The minimum absolute atomic E-state index is 0.0689. The van der Waals surface area contributed by atoms with E-state index in [1.165, 1.54) is 0 Å². The number of nitrogens with zero attached hydrogens (tertiary/aromatic N) is 1. The molecule has 24 heavy (non-hydrogen) atoms. The Bertz CT molecular complexity index is 700. The summed E-state index contributed by atoms with van der Waals surface area (Å²) in [5.41, 5.74) is 1.54. The van der Waals surface area contributed by atoms with Crippen LogP contribution in [0, 0.1) is 5.92 Å². The van der Waals surface area contributed by atoms with Crippen LogP contribution in [0.15, 0.2) is 30.3 Å². The number of hydrogen-bond acceptors (Lipinski definition) is 3. The molecule has 0 aliphatic carbocycles. The number of carbonyl (C=O) groups is 1. The highest BCUT2D eigenvalue weighted by atomic mass is 16.5. The smallest absolute Gasteiger partial charge is 0.270 e. The van der Waals surface area contributed by atoms with Crippen molar-refractivity contribution >= 4 is 16.8 Å². The van der Waals surface area contributed by atoms with E-state index in [0.29, 0.717) is 24.7 Å². The van der Waals surface area contributed by atoms with Gasteiger partial charge in [0.05, 0.1) is 13.1 Å². The van der Waals surface area contributed by atoms with Gasteiger partial charge in [0.15, 0.2) is 0 Å². The molecule has 0 unspecified atom stereocenters. The highest BCUT2D eigenvalue weighted by molar-refractivity contribution is 5.98. The van der Waals surface area contributed by atoms with Gasteiger partial charge in [-0.3, -0.25) is 4.79 Å².